The summed E-state index contributed by atoms with van der Waals surface area (Å²) in [5, 5.41) is 12.2. The zero-order chi connectivity index (χ0) is 28.4. The maximum absolute atomic E-state index is 14.6. The van der Waals surface area contributed by atoms with E-state index in [1.165, 1.54) is 6.92 Å². The van der Waals surface area contributed by atoms with Gasteiger partial charge >= 0.3 is 17.9 Å². The zero-order valence-electron chi connectivity index (χ0n) is 23.6. The first-order valence-electron chi connectivity index (χ1n) is 14.8. The van der Waals surface area contributed by atoms with Crippen LogP contribution in [0.5, 0.6) is 0 Å². The monoisotopic (exact) mass is 550 g/mol. The Bertz CT molecular complexity index is 1350. The van der Waals surface area contributed by atoms with E-state index in [0.717, 1.165) is 12.0 Å². The summed E-state index contributed by atoms with van der Waals surface area (Å²) < 4.78 is 24.8. The van der Waals surface area contributed by atoms with Crippen molar-refractivity contribution in [2.45, 2.75) is 95.4 Å². The predicted octanol–water partition coefficient (Wildman–Crippen LogP) is 3.42. The molecule has 0 aromatic carbocycles. The van der Waals surface area contributed by atoms with Crippen LogP contribution in [0.1, 0.15) is 59.8 Å². The number of esters is 3. The van der Waals surface area contributed by atoms with Gasteiger partial charge in [-0.15, -0.1) is 0 Å². The molecule has 0 aromatic rings. The molecular formula is C32H38O8. The molecule has 8 nitrogen and oxygen atoms in total. The molecular weight excluding hydrogens is 512 g/mol. The third-order valence-electron chi connectivity index (χ3n) is 13.2. The first kappa shape index (κ1) is 25.3. The molecule has 214 valence electrons. The number of ether oxygens (including phenoxy) is 4. The Kier molecular flexibility index (Phi) is 4.50. The first-order valence-corrected chi connectivity index (χ1v) is 14.8. The summed E-state index contributed by atoms with van der Waals surface area (Å²) in [7, 11) is 0. The van der Waals surface area contributed by atoms with Crippen molar-refractivity contribution in [3.05, 3.63) is 36.5 Å². The Morgan fingerprint density at radius 1 is 1.07 bits per heavy atom. The van der Waals surface area contributed by atoms with Crippen LogP contribution in [0.25, 0.3) is 0 Å². The van der Waals surface area contributed by atoms with Gasteiger partial charge in [-0.1, -0.05) is 37.8 Å². The van der Waals surface area contributed by atoms with E-state index in [4.69, 9.17) is 18.9 Å². The highest BCUT2D eigenvalue weighted by Gasteiger charge is 2.85. The summed E-state index contributed by atoms with van der Waals surface area (Å²) in [6.45, 7) is 15.9. The van der Waals surface area contributed by atoms with Crippen LogP contribution in [-0.2, 0) is 33.3 Å². The minimum absolute atomic E-state index is 0.0924. The zero-order valence-corrected chi connectivity index (χ0v) is 23.6. The van der Waals surface area contributed by atoms with Gasteiger partial charge in [0.1, 0.15) is 18.3 Å². The number of hydrogen-bond acceptors (Lipinski definition) is 8. The lowest BCUT2D eigenvalue weighted by Crippen LogP contribution is -2.53. The van der Waals surface area contributed by atoms with Crippen molar-refractivity contribution in [1.82, 2.24) is 0 Å². The molecule has 4 saturated carbocycles. The van der Waals surface area contributed by atoms with E-state index < -0.39 is 63.6 Å². The van der Waals surface area contributed by atoms with E-state index in [0.29, 0.717) is 31.3 Å². The Balaban J connectivity index is 1.34. The Morgan fingerprint density at radius 2 is 1.82 bits per heavy atom. The summed E-state index contributed by atoms with van der Waals surface area (Å²) in [5.74, 6) is -2.16. The summed E-state index contributed by atoms with van der Waals surface area (Å²) in [6.07, 6.45) is 5.25. The van der Waals surface area contributed by atoms with Crippen molar-refractivity contribution in [3.63, 3.8) is 0 Å². The molecule has 14 unspecified atom stereocenters. The Hall–Kier alpha value is -2.45. The van der Waals surface area contributed by atoms with E-state index in [-0.39, 0.29) is 35.7 Å². The average molecular weight is 551 g/mol. The highest BCUT2D eigenvalue weighted by atomic mass is 16.6. The van der Waals surface area contributed by atoms with E-state index in [1.54, 1.807) is 0 Å². The number of hydrogen-bond donors (Lipinski definition) is 1. The molecule has 0 radical (unpaired) electrons. The molecule has 3 aliphatic heterocycles. The fourth-order valence-corrected chi connectivity index (χ4v) is 11.4. The summed E-state index contributed by atoms with van der Waals surface area (Å²) >= 11 is 0. The topological polar surface area (TPSA) is 112 Å². The second kappa shape index (κ2) is 7.12. The van der Waals surface area contributed by atoms with Crippen molar-refractivity contribution in [3.8, 4) is 0 Å². The normalized spacial score (nSPS) is 58.4. The van der Waals surface area contributed by atoms with Gasteiger partial charge in [-0.25, -0.2) is 4.79 Å². The van der Waals surface area contributed by atoms with Crippen LogP contribution in [0.15, 0.2) is 36.5 Å². The standard InChI is InChI=1S/C32H38O8/c1-14-11-19(37-16(3)33)22-24(21-18(14)12-20-30(21,6)40-20)39-27(35)32(22)13-31-10-9-28(32,4)25(31)23-17(7-8-29(31,5)36)15(2)26(34)38-23/h9-10,17-25,36H,1-2,7-8,11-13H2,3-6H3. The van der Waals surface area contributed by atoms with Crippen molar-refractivity contribution >= 4 is 17.9 Å². The molecule has 3 saturated heterocycles. The molecule has 40 heavy (non-hydrogen) atoms. The predicted molar refractivity (Wildman–Crippen MR) is 140 cm³/mol. The van der Waals surface area contributed by atoms with Crippen LogP contribution in [-0.4, -0.2) is 58.6 Å². The molecule has 7 fully saturated rings. The van der Waals surface area contributed by atoms with Gasteiger partial charge in [-0.05, 0) is 45.4 Å². The Morgan fingerprint density at radius 3 is 2.55 bits per heavy atom. The maximum atomic E-state index is 14.6. The fraction of sp³-hybridized carbons (Fsp3) is 0.719. The van der Waals surface area contributed by atoms with Crippen LogP contribution < -0.4 is 0 Å². The summed E-state index contributed by atoms with van der Waals surface area (Å²) in [5.41, 5.74) is -2.88. The van der Waals surface area contributed by atoms with Crippen molar-refractivity contribution in [2.24, 2.45) is 45.8 Å². The minimum Gasteiger partial charge on any atom is -0.462 e. The van der Waals surface area contributed by atoms with E-state index in [2.05, 4.69) is 39.2 Å². The molecule has 8 heteroatoms. The third-order valence-corrected chi connectivity index (χ3v) is 13.2. The number of allylic oxidation sites excluding steroid dienone is 1. The molecule has 0 amide bonds. The van der Waals surface area contributed by atoms with Gasteiger partial charge in [0.25, 0.3) is 0 Å². The van der Waals surface area contributed by atoms with E-state index in [1.807, 2.05) is 6.92 Å². The summed E-state index contributed by atoms with van der Waals surface area (Å²) in [6, 6.07) is 0. The van der Waals surface area contributed by atoms with Crippen molar-refractivity contribution in [1.29, 1.82) is 0 Å². The SMILES string of the molecule is C=C1C(=O)OC2C1CCC(C)(O)C13C=CC(C)(C21)C1(C3)C(=O)OC2C3C(CC4OC43C)C(=C)CC(OC(C)=O)C21. The molecule has 8 rings (SSSR count). The van der Waals surface area contributed by atoms with E-state index >= 15 is 0 Å². The lowest BCUT2D eigenvalue weighted by Gasteiger charge is -2.46. The molecule has 1 spiro atoms. The van der Waals surface area contributed by atoms with Crippen LogP contribution in [0.2, 0.25) is 0 Å². The molecule has 8 aliphatic rings. The average Bonchev–Trinajstić information content (AvgIpc) is 3.09. The van der Waals surface area contributed by atoms with Gasteiger partial charge in [0.05, 0.1) is 28.6 Å². The molecule has 0 aromatic heterocycles. The molecule has 1 N–H and O–H groups in total. The molecule has 2 bridgehead atoms. The number of epoxide rings is 1. The number of rotatable bonds is 1. The fourth-order valence-electron chi connectivity index (χ4n) is 11.4. The lowest BCUT2D eigenvalue weighted by atomic mass is 9.54. The van der Waals surface area contributed by atoms with Gasteiger partial charge in [0, 0.05) is 47.5 Å². The molecule has 5 aliphatic carbocycles. The van der Waals surface area contributed by atoms with E-state index in [9.17, 15) is 19.5 Å². The van der Waals surface area contributed by atoms with Crippen LogP contribution >= 0.6 is 0 Å². The first-order chi connectivity index (χ1) is 18.7. The number of fused-ring (bicyclic) bond motifs is 8. The highest BCUT2D eigenvalue weighted by Crippen LogP contribution is 2.81. The smallest absolute Gasteiger partial charge is 0.334 e. The second-order valence-corrected chi connectivity index (χ2v) is 14.7. The second-order valence-electron chi connectivity index (χ2n) is 14.7. The molecule has 3 heterocycles. The van der Waals surface area contributed by atoms with Crippen molar-refractivity contribution < 1.29 is 38.4 Å². The molecule has 14 atom stereocenters. The van der Waals surface area contributed by atoms with Gasteiger partial charge < -0.3 is 24.1 Å². The Labute approximate surface area is 234 Å². The van der Waals surface area contributed by atoms with Crippen LogP contribution in [0.3, 0.4) is 0 Å². The highest BCUT2D eigenvalue weighted by molar-refractivity contribution is 5.91. The van der Waals surface area contributed by atoms with Crippen LogP contribution in [0.4, 0.5) is 0 Å². The quantitative estimate of drug-likeness (QED) is 0.174. The maximum Gasteiger partial charge on any atom is 0.334 e. The van der Waals surface area contributed by atoms with Crippen LogP contribution in [0, 0.1) is 45.8 Å². The number of carbonyl (C=O) groups excluding carboxylic acids is 3. The number of aliphatic hydroxyl groups is 1. The number of carbonyl (C=O) groups is 3. The lowest BCUT2D eigenvalue weighted by molar-refractivity contribution is -0.160. The third kappa shape index (κ3) is 2.53. The van der Waals surface area contributed by atoms with Gasteiger partial charge in [0.2, 0.25) is 0 Å². The van der Waals surface area contributed by atoms with Gasteiger partial charge in [-0.3, -0.25) is 9.59 Å². The summed E-state index contributed by atoms with van der Waals surface area (Å²) in [4.78, 5) is 39.9. The van der Waals surface area contributed by atoms with Gasteiger partial charge in [-0.2, -0.15) is 0 Å². The van der Waals surface area contributed by atoms with Gasteiger partial charge in [0.15, 0.2) is 0 Å². The largest absolute Gasteiger partial charge is 0.462 e. The van der Waals surface area contributed by atoms with Crippen molar-refractivity contribution in [2.75, 3.05) is 0 Å². The minimum atomic E-state index is -1.16.